The van der Waals surface area contributed by atoms with Crippen LogP contribution < -0.4 is 26.8 Å². The van der Waals surface area contributed by atoms with Crippen molar-refractivity contribution >= 4 is 56.9 Å². The first-order valence-corrected chi connectivity index (χ1v) is 23.1. The number of aryl methyl sites for hydroxylation is 1. The van der Waals surface area contributed by atoms with E-state index in [0.29, 0.717) is 61.8 Å². The molecule has 1 aliphatic carbocycles. The van der Waals surface area contributed by atoms with E-state index in [1.807, 2.05) is 6.92 Å². The lowest BCUT2D eigenvalue weighted by Gasteiger charge is -2.32. The van der Waals surface area contributed by atoms with Gasteiger partial charge in [0.05, 0.1) is 42.5 Å². The molecular weight excluding hydrogens is 689 g/mol. The molecule has 7 unspecified atom stereocenters. The van der Waals surface area contributed by atoms with Gasteiger partial charge in [0.2, 0.25) is 27.9 Å². The van der Waals surface area contributed by atoms with Gasteiger partial charge in [-0.25, -0.2) is 8.42 Å². The average molecular weight is 739 g/mol. The zero-order chi connectivity index (χ0) is 34.6. The van der Waals surface area contributed by atoms with Crippen LogP contribution in [0.25, 0.3) is 0 Å². The summed E-state index contributed by atoms with van der Waals surface area (Å²) in [4.78, 5) is 24.1. The standard InChI is InChI=1S/C30H50N8O8SSi2/c1-20-12-13-21(38-47(2,39)40)18-22(20)34-30-36-28(32)35-29(37-30)33-15-9-17-49-44-24-11-7-5-3-4-6-10-23-25(19-26(45-49)27(24)46-49)43-48(41,42-23)16-8-14-31/h12-13,18,23-27,38,41H,3-11,14-17,19,31H2,1-2H3,(H4,32,33,34,35,36,37). The SMILES string of the molecule is Cc1ccc(NS(C)(=O)=O)cc1Nc1nc(N)nc(NCCC[Si]23OC4CCCCCCCC5O[Si](O)(CCCN)OC5CC(O2)C4O3)n1. The number of hydrogen-bond acceptors (Lipinski definition) is 15. The van der Waals surface area contributed by atoms with Gasteiger partial charge >= 0.3 is 17.6 Å². The van der Waals surface area contributed by atoms with Gasteiger partial charge in [-0.2, -0.15) is 15.0 Å². The van der Waals surface area contributed by atoms with E-state index in [9.17, 15) is 13.2 Å². The van der Waals surface area contributed by atoms with Gasteiger partial charge in [-0.3, -0.25) is 4.72 Å². The lowest BCUT2D eigenvalue weighted by atomic mass is 9.96. The van der Waals surface area contributed by atoms with Crippen molar-refractivity contribution in [2.75, 3.05) is 40.4 Å². The minimum Gasteiger partial charge on any atom is -0.390 e. The van der Waals surface area contributed by atoms with Crippen LogP contribution in [0.15, 0.2) is 18.2 Å². The number of rotatable bonds is 12. The molecule has 16 nitrogen and oxygen atoms in total. The van der Waals surface area contributed by atoms with Gasteiger partial charge in [-0.15, -0.1) is 0 Å². The van der Waals surface area contributed by atoms with Crippen molar-refractivity contribution in [3.63, 3.8) is 0 Å². The third kappa shape index (κ3) is 9.46. The highest BCUT2D eigenvalue weighted by Crippen LogP contribution is 2.45. The van der Waals surface area contributed by atoms with Crippen molar-refractivity contribution in [2.24, 2.45) is 5.73 Å². The number of hydrogen-bond donors (Lipinski definition) is 6. The number of benzene rings is 1. The number of sulfonamides is 1. The fourth-order valence-electron chi connectivity index (χ4n) is 7.04. The monoisotopic (exact) mass is 738 g/mol. The Morgan fingerprint density at radius 3 is 2.39 bits per heavy atom. The third-order valence-electron chi connectivity index (χ3n) is 9.32. The Morgan fingerprint density at radius 1 is 0.898 bits per heavy atom. The Labute approximate surface area is 290 Å². The summed E-state index contributed by atoms with van der Waals surface area (Å²) in [6, 6.07) is 6.22. The predicted molar refractivity (Wildman–Crippen MR) is 189 cm³/mol. The fraction of sp³-hybridized carbons (Fsp3) is 0.700. The van der Waals surface area contributed by atoms with E-state index in [2.05, 4.69) is 30.3 Å². The van der Waals surface area contributed by atoms with E-state index < -0.39 is 27.6 Å². The van der Waals surface area contributed by atoms with Crippen LogP contribution in [0.1, 0.15) is 69.8 Å². The van der Waals surface area contributed by atoms with E-state index >= 15 is 0 Å². The van der Waals surface area contributed by atoms with Gasteiger partial charge in [-0.1, -0.05) is 38.2 Å². The summed E-state index contributed by atoms with van der Waals surface area (Å²) in [7, 11) is -9.66. The molecule has 4 heterocycles. The van der Waals surface area contributed by atoms with Crippen molar-refractivity contribution in [1.82, 2.24) is 15.0 Å². The second-order valence-electron chi connectivity index (χ2n) is 13.5. The summed E-state index contributed by atoms with van der Waals surface area (Å²) in [5.41, 5.74) is 13.6. The van der Waals surface area contributed by atoms with E-state index in [-0.39, 0.29) is 42.4 Å². The summed E-state index contributed by atoms with van der Waals surface area (Å²) < 4.78 is 58.3. The van der Waals surface area contributed by atoms with Crippen LogP contribution in [-0.4, -0.2) is 95.6 Å². The number of nitrogens with two attached hydrogens (primary N) is 2. The molecule has 2 aromatic rings. The van der Waals surface area contributed by atoms with Gasteiger partial charge in [0.25, 0.3) is 0 Å². The third-order valence-corrected chi connectivity index (χ3v) is 15.2. The highest BCUT2D eigenvalue weighted by atomic mass is 32.2. The first-order valence-electron chi connectivity index (χ1n) is 17.3. The molecule has 272 valence electrons. The summed E-state index contributed by atoms with van der Waals surface area (Å²) in [6.07, 6.45) is 9.68. The number of nitrogen functional groups attached to an aromatic ring is 1. The van der Waals surface area contributed by atoms with E-state index in [4.69, 9.17) is 33.6 Å². The van der Waals surface area contributed by atoms with Crippen molar-refractivity contribution in [2.45, 2.75) is 114 Å². The van der Waals surface area contributed by atoms with Crippen LogP contribution >= 0.6 is 0 Å². The molecule has 3 aliphatic heterocycles. The van der Waals surface area contributed by atoms with Gasteiger partial charge < -0.3 is 49.0 Å². The average Bonchev–Trinajstić information content (AvgIpc) is 3.67. The normalized spacial score (nSPS) is 31.7. The van der Waals surface area contributed by atoms with Crippen LogP contribution in [0.2, 0.25) is 12.1 Å². The lowest BCUT2D eigenvalue weighted by Crippen LogP contribution is -2.47. The molecule has 2 bridgehead atoms. The smallest absolute Gasteiger partial charge is 0.390 e. The van der Waals surface area contributed by atoms with Gasteiger partial charge in [0.1, 0.15) is 0 Å². The van der Waals surface area contributed by atoms with Crippen molar-refractivity contribution in [3.05, 3.63) is 23.8 Å². The van der Waals surface area contributed by atoms with Gasteiger partial charge in [-0.05, 0) is 56.8 Å². The Hall–Kier alpha value is -2.47. The largest absolute Gasteiger partial charge is 0.502 e. The molecule has 0 radical (unpaired) electrons. The summed E-state index contributed by atoms with van der Waals surface area (Å²) in [5, 5.41) is 6.34. The van der Waals surface area contributed by atoms with Gasteiger partial charge in [0.15, 0.2) is 0 Å². The predicted octanol–water partition coefficient (Wildman–Crippen LogP) is 3.00. The van der Waals surface area contributed by atoms with Crippen LogP contribution in [-0.2, 0) is 32.2 Å². The summed E-state index contributed by atoms with van der Waals surface area (Å²) in [5.74, 6) is 0.549. The molecule has 19 heteroatoms. The van der Waals surface area contributed by atoms with Crippen molar-refractivity contribution in [3.8, 4) is 0 Å². The van der Waals surface area contributed by atoms with Gasteiger partial charge in [0, 0.05) is 30.7 Å². The molecule has 4 aliphatic rings. The fourth-order valence-corrected chi connectivity index (χ4v) is 13.3. The topological polar surface area (TPSA) is 227 Å². The molecular formula is C30H50N8O8SSi2. The number of fused-ring (bicyclic) bond motifs is 2. The van der Waals surface area contributed by atoms with Crippen LogP contribution in [0.3, 0.4) is 0 Å². The summed E-state index contributed by atoms with van der Waals surface area (Å²) in [6.45, 7) is 2.88. The molecule has 1 saturated carbocycles. The number of nitrogens with one attached hydrogen (secondary N) is 3. The Morgan fingerprint density at radius 2 is 1.61 bits per heavy atom. The molecule has 49 heavy (non-hydrogen) atoms. The molecule has 4 fully saturated rings. The maximum absolute atomic E-state index is 11.7. The quantitative estimate of drug-likeness (QED) is 0.136. The molecule has 3 saturated heterocycles. The number of nitrogens with zero attached hydrogens (tertiary/aromatic N) is 3. The van der Waals surface area contributed by atoms with E-state index in [1.165, 1.54) is 0 Å². The minimum absolute atomic E-state index is 0.0141. The van der Waals surface area contributed by atoms with Crippen LogP contribution in [0.5, 0.6) is 0 Å². The molecule has 7 atom stereocenters. The molecule has 6 rings (SSSR count). The van der Waals surface area contributed by atoms with E-state index in [0.717, 1.165) is 56.8 Å². The molecule has 0 amide bonds. The second kappa shape index (κ2) is 15.4. The molecule has 8 N–H and O–H groups in total. The number of aromatic nitrogens is 3. The highest BCUT2D eigenvalue weighted by Gasteiger charge is 2.64. The molecule has 1 aromatic carbocycles. The Kier molecular flexibility index (Phi) is 11.4. The zero-order valence-electron chi connectivity index (χ0n) is 28.2. The maximum atomic E-state index is 11.7. The molecule has 1 aromatic heterocycles. The Balaban J connectivity index is 1.07. The second-order valence-corrected chi connectivity index (χ2v) is 20.2. The van der Waals surface area contributed by atoms with Crippen LogP contribution in [0.4, 0.5) is 29.2 Å². The number of anilines is 5. The lowest BCUT2D eigenvalue weighted by molar-refractivity contribution is -0.00842. The van der Waals surface area contributed by atoms with Crippen LogP contribution in [0, 0.1) is 6.92 Å². The minimum atomic E-state index is -3.44. The molecule has 0 spiro atoms. The van der Waals surface area contributed by atoms with Crippen molar-refractivity contribution in [1.29, 1.82) is 0 Å². The van der Waals surface area contributed by atoms with Crippen molar-refractivity contribution < 1.29 is 35.3 Å². The first kappa shape index (κ1) is 36.3. The highest BCUT2D eigenvalue weighted by molar-refractivity contribution is 7.92. The van der Waals surface area contributed by atoms with E-state index in [1.54, 1.807) is 18.2 Å². The zero-order valence-corrected chi connectivity index (χ0v) is 31.0. The summed E-state index contributed by atoms with van der Waals surface area (Å²) >= 11 is 0. The Bertz CT molecular complexity index is 1570. The first-order chi connectivity index (χ1) is 23.4. The maximum Gasteiger partial charge on any atom is 0.502 e.